The molecule has 0 saturated carbocycles. The normalized spacial score (nSPS) is 19.1. The Kier molecular flexibility index (Phi) is 7.65. The third kappa shape index (κ3) is 5.80. The Morgan fingerprint density at radius 3 is 2.33 bits per heavy atom. The van der Waals surface area contributed by atoms with Crippen LogP contribution in [0.15, 0.2) is 66.0 Å². The standard InChI is InChI=1S/C29H30N4O5S/c1-19-5-3-6-21(17-19)18-33-25(28(36)32-14-12-31(13-15-32)20(2)34)26(38-29(33)37)22-8-10-23(11-9-22)30-27(35)24-7-4-16-39-24/h3-11,16-17,25-26H,12-15,18H2,1-2H3,(H,30,35). The van der Waals surface area contributed by atoms with E-state index < -0.39 is 18.2 Å². The summed E-state index contributed by atoms with van der Waals surface area (Å²) < 4.78 is 5.82. The minimum Gasteiger partial charge on any atom is -0.438 e. The fourth-order valence-corrected chi connectivity index (χ4v) is 5.61. The van der Waals surface area contributed by atoms with E-state index in [0.29, 0.717) is 42.3 Å². The van der Waals surface area contributed by atoms with Gasteiger partial charge in [-0.2, -0.15) is 0 Å². The molecular formula is C29H30N4O5S. The summed E-state index contributed by atoms with van der Waals surface area (Å²) in [6.07, 6.45) is -1.38. The molecule has 39 heavy (non-hydrogen) atoms. The molecule has 3 aromatic rings. The number of piperazine rings is 1. The van der Waals surface area contributed by atoms with Gasteiger partial charge in [0.15, 0.2) is 12.1 Å². The second-order valence-electron chi connectivity index (χ2n) is 9.75. The molecule has 2 saturated heterocycles. The first-order chi connectivity index (χ1) is 18.8. The molecule has 2 aliphatic heterocycles. The van der Waals surface area contributed by atoms with Crippen LogP contribution in [-0.2, 0) is 20.9 Å². The summed E-state index contributed by atoms with van der Waals surface area (Å²) in [6, 6.07) is 17.5. The first kappa shape index (κ1) is 26.4. The lowest BCUT2D eigenvalue weighted by atomic mass is 9.99. The number of thiophene rings is 1. The predicted molar refractivity (Wildman–Crippen MR) is 147 cm³/mol. The Morgan fingerprint density at radius 2 is 1.69 bits per heavy atom. The van der Waals surface area contributed by atoms with Gasteiger partial charge in [-0.05, 0) is 41.6 Å². The summed E-state index contributed by atoms with van der Waals surface area (Å²) in [5.41, 5.74) is 3.21. The van der Waals surface area contributed by atoms with E-state index in [4.69, 9.17) is 4.74 Å². The Balaban J connectivity index is 1.39. The molecule has 0 radical (unpaired) electrons. The van der Waals surface area contributed by atoms with Crippen LogP contribution in [0.2, 0.25) is 0 Å². The van der Waals surface area contributed by atoms with Crippen LogP contribution >= 0.6 is 11.3 Å². The summed E-state index contributed by atoms with van der Waals surface area (Å²) in [6.45, 7) is 5.41. The minimum absolute atomic E-state index is 0.0216. The van der Waals surface area contributed by atoms with E-state index in [0.717, 1.165) is 11.1 Å². The number of nitrogens with one attached hydrogen (secondary N) is 1. The van der Waals surface area contributed by atoms with Crippen LogP contribution in [0.25, 0.3) is 0 Å². The van der Waals surface area contributed by atoms with Gasteiger partial charge in [0.05, 0.1) is 11.4 Å². The van der Waals surface area contributed by atoms with E-state index in [1.165, 1.54) is 23.2 Å². The molecule has 2 fully saturated rings. The first-order valence-corrected chi connectivity index (χ1v) is 13.7. The van der Waals surface area contributed by atoms with Gasteiger partial charge in [0, 0.05) is 38.8 Å². The maximum atomic E-state index is 13.9. The number of carbonyl (C=O) groups excluding carboxylic acids is 4. The zero-order valence-corrected chi connectivity index (χ0v) is 22.6. The third-order valence-electron chi connectivity index (χ3n) is 7.05. The number of cyclic esters (lactones) is 1. The zero-order chi connectivity index (χ0) is 27.5. The fourth-order valence-electron chi connectivity index (χ4n) is 4.99. The predicted octanol–water partition coefficient (Wildman–Crippen LogP) is 4.06. The van der Waals surface area contributed by atoms with E-state index >= 15 is 0 Å². The van der Waals surface area contributed by atoms with Gasteiger partial charge in [0.25, 0.3) is 5.91 Å². The van der Waals surface area contributed by atoms with Crippen molar-refractivity contribution in [3.63, 3.8) is 0 Å². The molecule has 202 valence electrons. The van der Waals surface area contributed by atoms with Gasteiger partial charge in [-0.1, -0.05) is 48.0 Å². The third-order valence-corrected chi connectivity index (χ3v) is 7.92. The highest BCUT2D eigenvalue weighted by Gasteiger charge is 2.48. The second kappa shape index (κ2) is 11.3. The summed E-state index contributed by atoms with van der Waals surface area (Å²) in [4.78, 5) is 56.8. The number of anilines is 1. The Labute approximate surface area is 231 Å². The number of aryl methyl sites for hydroxylation is 1. The van der Waals surface area contributed by atoms with Gasteiger partial charge < -0.3 is 19.9 Å². The van der Waals surface area contributed by atoms with Gasteiger partial charge in [-0.3, -0.25) is 19.3 Å². The van der Waals surface area contributed by atoms with Crippen molar-refractivity contribution in [1.29, 1.82) is 0 Å². The lowest BCUT2D eigenvalue weighted by molar-refractivity contribution is -0.142. The van der Waals surface area contributed by atoms with E-state index in [1.54, 1.807) is 40.1 Å². The Morgan fingerprint density at radius 1 is 0.974 bits per heavy atom. The van der Waals surface area contributed by atoms with Gasteiger partial charge in [0.1, 0.15) is 0 Å². The summed E-state index contributed by atoms with van der Waals surface area (Å²) in [5.74, 6) is -0.435. The monoisotopic (exact) mass is 546 g/mol. The van der Waals surface area contributed by atoms with Crippen LogP contribution < -0.4 is 5.32 Å². The summed E-state index contributed by atoms with van der Waals surface area (Å²) in [5, 5.41) is 4.70. The number of hydrogen-bond donors (Lipinski definition) is 1. The van der Waals surface area contributed by atoms with E-state index in [2.05, 4.69) is 5.32 Å². The van der Waals surface area contributed by atoms with Gasteiger partial charge in [-0.25, -0.2) is 4.79 Å². The van der Waals surface area contributed by atoms with Crippen LogP contribution in [0, 0.1) is 6.92 Å². The largest absolute Gasteiger partial charge is 0.438 e. The van der Waals surface area contributed by atoms with Gasteiger partial charge >= 0.3 is 6.09 Å². The molecule has 4 amide bonds. The second-order valence-corrected chi connectivity index (χ2v) is 10.7. The van der Waals surface area contributed by atoms with Crippen molar-refractivity contribution in [1.82, 2.24) is 14.7 Å². The minimum atomic E-state index is -0.867. The number of benzene rings is 2. The summed E-state index contributed by atoms with van der Waals surface area (Å²) >= 11 is 1.36. The Hall–Kier alpha value is -4.18. The molecule has 3 heterocycles. The van der Waals surface area contributed by atoms with E-state index in [1.807, 2.05) is 42.6 Å². The number of hydrogen-bond acceptors (Lipinski definition) is 6. The van der Waals surface area contributed by atoms with E-state index in [-0.39, 0.29) is 24.3 Å². The molecule has 2 atom stereocenters. The topological polar surface area (TPSA) is 99.3 Å². The molecule has 1 aromatic heterocycles. The highest BCUT2D eigenvalue weighted by molar-refractivity contribution is 7.12. The van der Waals surface area contributed by atoms with E-state index in [9.17, 15) is 19.2 Å². The molecule has 5 rings (SSSR count). The van der Waals surface area contributed by atoms with Crippen LogP contribution in [0.5, 0.6) is 0 Å². The molecule has 0 bridgehead atoms. The number of carbonyl (C=O) groups is 4. The maximum Gasteiger partial charge on any atom is 0.411 e. The highest BCUT2D eigenvalue weighted by atomic mass is 32.1. The molecule has 0 aliphatic carbocycles. The number of nitrogens with zero attached hydrogens (tertiary/aromatic N) is 3. The quantitative estimate of drug-likeness (QED) is 0.503. The first-order valence-electron chi connectivity index (χ1n) is 12.8. The molecule has 2 aliphatic rings. The van der Waals surface area contributed by atoms with Crippen LogP contribution in [0.1, 0.15) is 39.4 Å². The van der Waals surface area contributed by atoms with Crippen molar-refractivity contribution in [3.8, 4) is 0 Å². The van der Waals surface area contributed by atoms with Crippen molar-refractivity contribution < 1.29 is 23.9 Å². The molecule has 10 heteroatoms. The molecular weight excluding hydrogens is 516 g/mol. The fraction of sp³-hybridized carbons (Fsp3) is 0.310. The maximum absolute atomic E-state index is 13.9. The Bertz CT molecular complexity index is 1370. The molecule has 2 unspecified atom stereocenters. The zero-order valence-electron chi connectivity index (χ0n) is 21.8. The molecule has 9 nitrogen and oxygen atoms in total. The smallest absolute Gasteiger partial charge is 0.411 e. The van der Waals surface area contributed by atoms with Crippen LogP contribution in [0.4, 0.5) is 10.5 Å². The molecule has 1 N–H and O–H groups in total. The van der Waals surface area contributed by atoms with Crippen molar-refractivity contribution in [2.75, 3.05) is 31.5 Å². The van der Waals surface area contributed by atoms with Crippen molar-refractivity contribution in [2.24, 2.45) is 0 Å². The average Bonchev–Trinajstić information content (AvgIpc) is 3.58. The molecule has 2 aromatic carbocycles. The van der Waals surface area contributed by atoms with Gasteiger partial charge in [-0.15, -0.1) is 11.3 Å². The van der Waals surface area contributed by atoms with Crippen LogP contribution in [-0.4, -0.2) is 70.7 Å². The van der Waals surface area contributed by atoms with Crippen LogP contribution in [0.3, 0.4) is 0 Å². The number of rotatable bonds is 6. The van der Waals surface area contributed by atoms with Gasteiger partial charge in [0.2, 0.25) is 11.8 Å². The van der Waals surface area contributed by atoms with Crippen molar-refractivity contribution in [3.05, 3.63) is 87.6 Å². The lowest BCUT2D eigenvalue weighted by Crippen LogP contribution is -2.55. The highest BCUT2D eigenvalue weighted by Crippen LogP contribution is 2.36. The van der Waals surface area contributed by atoms with Crippen molar-refractivity contribution >= 4 is 40.8 Å². The summed E-state index contributed by atoms with van der Waals surface area (Å²) in [7, 11) is 0. The van der Waals surface area contributed by atoms with Crippen molar-refractivity contribution in [2.45, 2.75) is 32.5 Å². The molecule has 0 spiro atoms. The lowest BCUT2D eigenvalue weighted by Gasteiger charge is -2.37. The average molecular weight is 547 g/mol. The number of amides is 4. The number of ether oxygens (including phenoxy) is 1. The SMILES string of the molecule is CC(=O)N1CCN(C(=O)C2C(c3ccc(NC(=O)c4cccs4)cc3)OC(=O)N2Cc2cccc(C)c2)CC1.